The average Bonchev–Trinajstić information content (AvgIpc) is 2.88. The van der Waals surface area contributed by atoms with Crippen molar-refractivity contribution in [3.8, 4) is 0 Å². The Balaban J connectivity index is 0.00000259. The lowest BCUT2D eigenvalue weighted by Crippen LogP contribution is -2.46. The molecule has 2 saturated heterocycles. The number of hydrogen-bond acceptors (Lipinski definition) is 5. The summed E-state index contributed by atoms with van der Waals surface area (Å²) in [6.07, 6.45) is 4.33. The summed E-state index contributed by atoms with van der Waals surface area (Å²) in [6.45, 7) is 11.1. The van der Waals surface area contributed by atoms with Gasteiger partial charge in [-0.2, -0.15) is 0 Å². The number of benzene rings is 2. The van der Waals surface area contributed by atoms with Crippen LogP contribution < -0.4 is 9.80 Å². The molecule has 174 valence electrons. The van der Waals surface area contributed by atoms with E-state index < -0.39 is 0 Å². The summed E-state index contributed by atoms with van der Waals surface area (Å²) in [4.78, 5) is 12.4. The molecule has 0 atom stereocenters. The van der Waals surface area contributed by atoms with Crippen molar-refractivity contribution in [2.75, 3.05) is 68.8 Å². The molecule has 0 N–H and O–H groups in total. The van der Waals surface area contributed by atoms with Crippen LogP contribution in [0.4, 0.5) is 11.5 Å². The van der Waals surface area contributed by atoms with E-state index >= 15 is 0 Å². The Morgan fingerprint density at radius 3 is 2.42 bits per heavy atom. The molecular weight excluding hydrogens is 408 g/mol. The molecule has 3 heterocycles. The van der Waals surface area contributed by atoms with Gasteiger partial charge >= 0.3 is 0 Å². The highest BCUT2D eigenvalue weighted by atomic mass is 16.5. The maximum absolute atomic E-state index is 5.49. The van der Waals surface area contributed by atoms with Gasteiger partial charge in [0.05, 0.1) is 18.9 Å². The Labute approximate surface area is 198 Å². The van der Waals surface area contributed by atoms with E-state index in [4.69, 9.17) is 9.72 Å². The molecule has 0 spiro atoms. The van der Waals surface area contributed by atoms with Crippen molar-refractivity contribution in [3.05, 3.63) is 65.9 Å². The first-order chi connectivity index (χ1) is 15.8. The highest BCUT2D eigenvalue weighted by Crippen LogP contribution is 2.28. The fourth-order valence-electron chi connectivity index (χ4n) is 4.63. The van der Waals surface area contributed by atoms with Gasteiger partial charge in [-0.15, -0.1) is 0 Å². The Hall–Kier alpha value is -2.89. The van der Waals surface area contributed by atoms with Crippen LogP contribution in [0, 0.1) is 0 Å². The molecule has 0 radical (unpaired) electrons. The second-order valence-corrected chi connectivity index (χ2v) is 8.54. The average molecular weight is 445 g/mol. The van der Waals surface area contributed by atoms with Crippen molar-refractivity contribution in [2.45, 2.75) is 14.4 Å². The molecule has 0 bridgehead atoms. The van der Waals surface area contributed by atoms with E-state index in [1.54, 1.807) is 0 Å². The Bertz CT molecular complexity index is 1080. The van der Waals surface area contributed by atoms with E-state index in [0.717, 1.165) is 70.5 Å². The minimum atomic E-state index is 0. The van der Waals surface area contributed by atoms with Crippen LogP contribution in [-0.2, 0) is 4.74 Å². The summed E-state index contributed by atoms with van der Waals surface area (Å²) in [7, 11) is 0. The van der Waals surface area contributed by atoms with Crippen molar-refractivity contribution in [3.63, 3.8) is 0 Å². The lowest BCUT2D eigenvalue weighted by atomic mass is 10.1. The first-order valence-corrected chi connectivity index (χ1v) is 11.8. The number of aromatic nitrogens is 1. The predicted molar refractivity (Wildman–Crippen MR) is 141 cm³/mol. The van der Waals surface area contributed by atoms with Crippen LogP contribution in [0.3, 0.4) is 0 Å². The molecule has 5 nitrogen and oxygen atoms in total. The monoisotopic (exact) mass is 444 g/mol. The van der Waals surface area contributed by atoms with Gasteiger partial charge in [-0.05, 0) is 41.8 Å². The van der Waals surface area contributed by atoms with Gasteiger partial charge in [0.25, 0.3) is 0 Å². The standard InChI is InChI=1S/C27H32N4O.CH4/c1-2-29-12-14-31(15-13-29)27-26-9-4-3-7-23(26)21-24(28-27)11-10-22-6-5-8-25(20-22)30-16-18-32-19-17-30;/h3-11,20-21H,2,12-19H2,1H3;1H4/b11-10+;. The van der Waals surface area contributed by atoms with Gasteiger partial charge in [0.1, 0.15) is 5.82 Å². The number of morpholine rings is 1. The minimum absolute atomic E-state index is 0. The van der Waals surface area contributed by atoms with Gasteiger partial charge in [-0.3, -0.25) is 0 Å². The fraction of sp³-hybridized carbons (Fsp3) is 0.393. The molecule has 2 aliphatic rings. The number of piperazine rings is 1. The second kappa shape index (κ2) is 10.8. The molecule has 0 amide bonds. The number of likely N-dealkylation sites (N-methyl/N-ethyl adjacent to an activating group) is 1. The van der Waals surface area contributed by atoms with Crippen molar-refractivity contribution in [1.82, 2.24) is 9.88 Å². The number of rotatable bonds is 5. The van der Waals surface area contributed by atoms with Crippen LogP contribution in [0.5, 0.6) is 0 Å². The highest BCUT2D eigenvalue weighted by Gasteiger charge is 2.19. The number of nitrogens with zero attached hydrogens (tertiary/aromatic N) is 4. The zero-order chi connectivity index (χ0) is 21.8. The van der Waals surface area contributed by atoms with E-state index in [9.17, 15) is 0 Å². The van der Waals surface area contributed by atoms with E-state index in [1.807, 2.05) is 0 Å². The van der Waals surface area contributed by atoms with Crippen LogP contribution >= 0.6 is 0 Å². The van der Waals surface area contributed by atoms with Crippen LogP contribution in [0.2, 0.25) is 0 Å². The van der Waals surface area contributed by atoms with E-state index in [0.29, 0.717) is 0 Å². The molecule has 0 unspecified atom stereocenters. The van der Waals surface area contributed by atoms with Gasteiger partial charge < -0.3 is 19.4 Å². The molecule has 3 aromatic rings. The largest absolute Gasteiger partial charge is 0.378 e. The summed E-state index contributed by atoms with van der Waals surface area (Å²) < 4.78 is 5.49. The normalized spacial score (nSPS) is 17.5. The van der Waals surface area contributed by atoms with Gasteiger partial charge in [0, 0.05) is 50.3 Å². The third kappa shape index (κ3) is 5.37. The van der Waals surface area contributed by atoms with E-state index in [2.05, 4.69) is 88.4 Å². The topological polar surface area (TPSA) is 31.8 Å². The van der Waals surface area contributed by atoms with Crippen LogP contribution in [0.15, 0.2) is 54.6 Å². The van der Waals surface area contributed by atoms with Gasteiger partial charge in [0.2, 0.25) is 0 Å². The SMILES string of the molecule is C.CCN1CCN(c2nc(/C=C/c3cccc(N4CCOCC4)c3)cc3ccccc23)CC1. The van der Waals surface area contributed by atoms with Crippen molar-refractivity contribution < 1.29 is 4.74 Å². The number of ether oxygens (including phenoxy) is 1. The van der Waals surface area contributed by atoms with Crippen molar-refractivity contribution >= 4 is 34.4 Å². The molecular formula is C28H36N4O. The Morgan fingerprint density at radius 1 is 0.848 bits per heavy atom. The second-order valence-electron chi connectivity index (χ2n) is 8.54. The summed E-state index contributed by atoms with van der Waals surface area (Å²) in [5.74, 6) is 1.11. The predicted octanol–water partition coefficient (Wildman–Crippen LogP) is 5.02. The number of anilines is 2. The first-order valence-electron chi connectivity index (χ1n) is 11.8. The number of fused-ring (bicyclic) bond motifs is 1. The molecule has 0 aliphatic carbocycles. The van der Waals surface area contributed by atoms with Gasteiger partial charge in [-0.25, -0.2) is 4.98 Å². The highest BCUT2D eigenvalue weighted by molar-refractivity contribution is 5.94. The van der Waals surface area contributed by atoms with Gasteiger partial charge in [0.15, 0.2) is 0 Å². The molecule has 5 heteroatoms. The molecule has 2 aromatic carbocycles. The molecule has 2 aliphatic heterocycles. The van der Waals surface area contributed by atoms with Crippen molar-refractivity contribution in [1.29, 1.82) is 0 Å². The quantitative estimate of drug-likeness (QED) is 0.552. The van der Waals surface area contributed by atoms with Crippen LogP contribution in [0.1, 0.15) is 25.6 Å². The fourth-order valence-corrected chi connectivity index (χ4v) is 4.63. The maximum Gasteiger partial charge on any atom is 0.137 e. The van der Waals surface area contributed by atoms with Crippen LogP contribution in [-0.4, -0.2) is 68.9 Å². The van der Waals surface area contributed by atoms with E-state index in [-0.39, 0.29) is 7.43 Å². The molecule has 2 fully saturated rings. The first kappa shape index (κ1) is 23.3. The molecule has 1 aromatic heterocycles. The number of pyridine rings is 1. The van der Waals surface area contributed by atoms with E-state index in [1.165, 1.54) is 22.0 Å². The third-order valence-corrected chi connectivity index (χ3v) is 6.55. The van der Waals surface area contributed by atoms with Crippen molar-refractivity contribution in [2.24, 2.45) is 0 Å². The summed E-state index contributed by atoms with van der Waals surface area (Å²) >= 11 is 0. The van der Waals surface area contributed by atoms with Gasteiger partial charge in [-0.1, -0.05) is 56.8 Å². The smallest absolute Gasteiger partial charge is 0.137 e. The summed E-state index contributed by atoms with van der Waals surface area (Å²) in [5, 5.41) is 2.49. The Morgan fingerprint density at radius 2 is 1.64 bits per heavy atom. The zero-order valence-electron chi connectivity index (χ0n) is 18.9. The Kier molecular flexibility index (Phi) is 7.63. The minimum Gasteiger partial charge on any atom is -0.378 e. The van der Waals surface area contributed by atoms with Crippen LogP contribution in [0.25, 0.3) is 22.9 Å². The molecule has 33 heavy (non-hydrogen) atoms. The lowest BCUT2D eigenvalue weighted by molar-refractivity contribution is 0.122. The summed E-state index contributed by atoms with van der Waals surface area (Å²) in [5.41, 5.74) is 3.46. The number of hydrogen-bond donors (Lipinski definition) is 0. The molecule has 0 saturated carbocycles. The maximum atomic E-state index is 5.49. The zero-order valence-corrected chi connectivity index (χ0v) is 18.9. The summed E-state index contributed by atoms with van der Waals surface area (Å²) in [6, 6.07) is 19.6. The lowest BCUT2D eigenvalue weighted by Gasteiger charge is -2.35. The third-order valence-electron chi connectivity index (χ3n) is 6.55. The molecule has 5 rings (SSSR count).